The number of carbonyl (C=O) groups excluding carboxylic acids is 2. The third-order valence-corrected chi connectivity index (χ3v) is 11.4. The van der Waals surface area contributed by atoms with E-state index < -0.39 is 36.5 Å². The molecule has 0 spiro atoms. The Kier molecular flexibility index (Phi) is 27.1. The number of nitrogens with one attached hydrogen (secondary N) is 2. The molecular weight excluding hydrogens is 717 g/mol. The Labute approximate surface area is 349 Å². The number of allylic oxidation sites excluding steroid dienone is 4. The van der Waals surface area contributed by atoms with Crippen LogP contribution in [-0.4, -0.2) is 118 Å². The lowest BCUT2D eigenvalue weighted by atomic mass is 9.95. The monoisotopic (exact) mass is 805 g/mol. The van der Waals surface area contributed by atoms with Crippen LogP contribution in [0.25, 0.3) is 0 Å². The summed E-state index contributed by atoms with van der Waals surface area (Å²) >= 11 is 0. The minimum atomic E-state index is -0.581. The van der Waals surface area contributed by atoms with Crippen LogP contribution in [0, 0.1) is 41.4 Å². The summed E-state index contributed by atoms with van der Waals surface area (Å²) in [6.45, 7) is 26.3. The zero-order valence-electron chi connectivity index (χ0n) is 38.1. The predicted molar refractivity (Wildman–Crippen MR) is 237 cm³/mol. The molecule has 1 aliphatic rings. The van der Waals surface area contributed by atoms with Crippen molar-refractivity contribution in [2.45, 2.75) is 170 Å². The van der Waals surface area contributed by atoms with E-state index in [-0.39, 0.29) is 29.6 Å². The van der Waals surface area contributed by atoms with Gasteiger partial charge in [0.2, 0.25) is 11.8 Å². The van der Waals surface area contributed by atoms with E-state index in [4.69, 9.17) is 0 Å². The number of hydrogen-bond donors (Lipinski definition) is 6. The standard InChI is InChI=1S/C47H88N4O6/c1-12-35(6)18-17-19-37(8)43(53)30-50(29-40(11)52)26-15-13-20-41-46(56)49-42(47(57)48-41)21-14-16-27-51(31-44(54)38(9)24-22-33(2)3)32-45(55)39(10)25-23-36(7)28-34(4)5/h17-18,22-25,33-45,52-55H,12-16,19-21,26-32H2,1-11H3,(H,48,57)(H,49,56)/b18-17-,24-22-,25-23-. The summed E-state index contributed by atoms with van der Waals surface area (Å²) in [7, 11) is 0. The van der Waals surface area contributed by atoms with Crippen molar-refractivity contribution in [2.75, 3.05) is 39.3 Å². The molecule has 0 bridgehead atoms. The fourth-order valence-electron chi connectivity index (χ4n) is 7.30. The van der Waals surface area contributed by atoms with Gasteiger partial charge < -0.3 is 31.1 Å². The van der Waals surface area contributed by atoms with Gasteiger partial charge in [0.05, 0.1) is 24.4 Å². The lowest BCUT2D eigenvalue weighted by molar-refractivity contribution is -0.137. The number of hydrogen-bond acceptors (Lipinski definition) is 8. The number of aliphatic hydroxyl groups is 4. The van der Waals surface area contributed by atoms with Crippen LogP contribution < -0.4 is 10.6 Å². The van der Waals surface area contributed by atoms with Gasteiger partial charge in [-0.3, -0.25) is 19.4 Å². The Morgan fingerprint density at radius 2 is 1.07 bits per heavy atom. The van der Waals surface area contributed by atoms with Crippen molar-refractivity contribution >= 4 is 11.8 Å². The van der Waals surface area contributed by atoms with E-state index in [9.17, 15) is 30.0 Å². The number of rotatable bonds is 31. The second-order valence-corrected chi connectivity index (χ2v) is 18.5. The smallest absolute Gasteiger partial charge is 0.243 e. The SMILES string of the molecule is CCC(C)/C=C\CC(C)C(O)CN(CCCCC1NC(=O)C(CCCCN(CC(O)C(C)/C=C\C(C)C)CC(O)C(C)/C=C\C(C)CC(C)C)NC1=O)CC(C)O. The second kappa shape index (κ2) is 29.2. The van der Waals surface area contributed by atoms with E-state index in [1.807, 2.05) is 13.8 Å². The summed E-state index contributed by atoms with van der Waals surface area (Å²) < 4.78 is 0. The third-order valence-electron chi connectivity index (χ3n) is 11.4. The normalized spacial score (nSPS) is 21.7. The molecule has 6 N–H and O–H groups in total. The van der Waals surface area contributed by atoms with Crippen LogP contribution >= 0.6 is 0 Å². The first-order chi connectivity index (χ1) is 26.8. The first-order valence-corrected chi connectivity index (χ1v) is 22.6. The van der Waals surface area contributed by atoms with Gasteiger partial charge in [-0.15, -0.1) is 0 Å². The van der Waals surface area contributed by atoms with E-state index >= 15 is 0 Å². The van der Waals surface area contributed by atoms with Gasteiger partial charge in [-0.25, -0.2) is 0 Å². The Morgan fingerprint density at radius 3 is 1.53 bits per heavy atom. The summed E-state index contributed by atoms with van der Waals surface area (Å²) in [5, 5.41) is 49.2. The molecule has 10 nitrogen and oxygen atoms in total. The maximum absolute atomic E-state index is 13.1. The van der Waals surface area contributed by atoms with Crippen LogP contribution in [0.15, 0.2) is 36.5 Å². The van der Waals surface area contributed by atoms with Crippen LogP contribution in [0.2, 0.25) is 0 Å². The van der Waals surface area contributed by atoms with Gasteiger partial charge in [0.1, 0.15) is 12.1 Å². The third kappa shape index (κ3) is 23.9. The highest BCUT2D eigenvalue weighted by Crippen LogP contribution is 2.18. The zero-order chi connectivity index (χ0) is 43.1. The molecule has 0 saturated carbocycles. The molecule has 10 heteroatoms. The molecule has 0 aromatic rings. The van der Waals surface area contributed by atoms with E-state index in [1.54, 1.807) is 6.92 Å². The van der Waals surface area contributed by atoms with Crippen molar-refractivity contribution < 1.29 is 30.0 Å². The van der Waals surface area contributed by atoms with Crippen molar-refractivity contribution in [3.05, 3.63) is 36.5 Å². The van der Waals surface area contributed by atoms with Crippen LogP contribution in [0.1, 0.15) is 134 Å². The van der Waals surface area contributed by atoms with Crippen molar-refractivity contribution in [1.29, 1.82) is 0 Å². The van der Waals surface area contributed by atoms with Crippen molar-refractivity contribution in [3.63, 3.8) is 0 Å². The van der Waals surface area contributed by atoms with Gasteiger partial charge >= 0.3 is 0 Å². The molecule has 1 fully saturated rings. The summed E-state index contributed by atoms with van der Waals surface area (Å²) in [5.41, 5.74) is 0. The molecule has 11 atom stereocenters. The Morgan fingerprint density at radius 1 is 0.596 bits per heavy atom. The number of amides is 2. The van der Waals surface area contributed by atoms with Crippen LogP contribution in [0.5, 0.6) is 0 Å². The highest BCUT2D eigenvalue weighted by atomic mass is 16.3. The largest absolute Gasteiger partial charge is 0.392 e. The molecule has 0 radical (unpaired) electrons. The molecule has 1 saturated heterocycles. The van der Waals surface area contributed by atoms with Gasteiger partial charge in [-0.1, -0.05) is 112 Å². The van der Waals surface area contributed by atoms with Crippen LogP contribution in [0.3, 0.4) is 0 Å². The van der Waals surface area contributed by atoms with Gasteiger partial charge in [0.15, 0.2) is 0 Å². The van der Waals surface area contributed by atoms with Gasteiger partial charge in [0.25, 0.3) is 0 Å². The summed E-state index contributed by atoms with van der Waals surface area (Å²) in [6, 6.07) is -1.15. The predicted octanol–water partition coefficient (Wildman–Crippen LogP) is 6.73. The molecule has 0 aromatic heterocycles. The van der Waals surface area contributed by atoms with Crippen molar-refractivity contribution in [2.24, 2.45) is 41.4 Å². The average Bonchev–Trinajstić information content (AvgIpc) is 3.13. The topological polar surface area (TPSA) is 146 Å². The molecule has 1 rings (SSSR count). The zero-order valence-corrected chi connectivity index (χ0v) is 38.1. The number of unbranched alkanes of at least 4 members (excludes halogenated alkanes) is 2. The molecular formula is C47H88N4O6. The Bertz CT molecular complexity index is 1170. The quantitative estimate of drug-likeness (QED) is 0.0335. The molecule has 2 amide bonds. The number of carbonyl (C=O) groups is 2. The summed E-state index contributed by atoms with van der Waals surface area (Å²) in [5.74, 6) is 1.74. The maximum Gasteiger partial charge on any atom is 0.243 e. The Balaban J connectivity index is 2.67. The molecule has 1 heterocycles. The van der Waals surface area contributed by atoms with E-state index in [0.717, 1.165) is 38.5 Å². The highest BCUT2D eigenvalue weighted by molar-refractivity contribution is 5.96. The highest BCUT2D eigenvalue weighted by Gasteiger charge is 2.33. The summed E-state index contributed by atoms with van der Waals surface area (Å²) in [4.78, 5) is 30.4. The summed E-state index contributed by atoms with van der Waals surface area (Å²) in [6.07, 6.45) is 17.7. The van der Waals surface area contributed by atoms with Crippen molar-refractivity contribution in [3.8, 4) is 0 Å². The van der Waals surface area contributed by atoms with Crippen molar-refractivity contribution in [1.82, 2.24) is 20.4 Å². The molecule has 1 aliphatic heterocycles. The maximum atomic E-state index is 13.1. The van der Waals surface area contributed by atoms with E-state index in [2.05, 4.69) is 112 Å². The number of nitrogens with zero attached hydrogens (tertiary/aromatic N) is 2. The van der Waals surface area contributed by atoms with Crippen LogP contribution in [0.4, 0.5) is 0 Å². The van der Waals surface area contributed by atoms with E-state index in [1.165, 1.54) is 0 Å². The fraction of sp³-hybridized carbons (Fsp3) is 0.830. The lowest BCUT2D eigenvalue weighted by Crippen LogP contribution is -2.61. The van der Waals surface area contributed by atoms with Gasteiger partial charge in [-0.2, -0.15) is 0 Å². The van der Waals surface area contributed by atoms with Crippen LogP contribution in [-0.2, 0) is 9.59 Å². The number of aliphatic hydroxyl groups excluding tert-OH is 4. The Hall–Kier alpha value is -2.08. The fourth-order valence-corrected chi connectivity index (χ4v) is 7.30. The molecule has 332 valence electrons. The average molecular weight is 805 g/mol. The van der Waals surface area contributed by atoms with Gasteiger partial charge in [0, 0.05) is 38.0 Å². The second-order valence-electron chi connectivity index (χ2n) is 18.5. The first kappa shape index (κ1) is 52.9. The molecule has 57 heavy (non-hydrogen) atoms. The molecule has 0 aliphatic carbocycles. The van der Waals surface area contributed by atoms with Gasteiger partial charge in [-0.05, 0) is 101 Å². The number of piperazine rings is 1. The molecule has 0 aromatic carbocycles. The first-order valence-electron chi connectivity index (χ1n) is 22.6. The minimum Gasteiger partial charge on any atom is -0.392 e. The minimum absolute atomic E-state index is 0.0211. The van der Waals surface area contributed by atoms with E-state index in [0.29, 0.717) is 82.2 Å². The molecule has 11 unspecified atom stereocenters. The lowest BCUT2D eigenvalue weighted by Gasteiger charge is -2.31.